The van der Waals surface area contributed by atoms with Gasteiger partial charge in [-0.2, -0.15) is 0 Å². The van der Waals surface area contributed by atoms with Crippen molar-refractivity contribution in [3.05, 3.63) is 0 Å². The fourth-order valence-electron chi connectivity index (χ4n) is 2.09. The van der Waals surface area contributed by atoms with Gasteiger partial charge in [-0.25, -0.2) is 4.79 Å². The van der Waals surface area contributed by atoms with Gasteiger partial charge in [-0.1, -0.05) is 20.8 Å². The van der Waals surface area contributed by atoms with Gasteiger partial charge in [0.1, 0.15) is 0 Å². The van der Waals surface area contributed by atoms with Crippen molar-refractivity contribution in [2.45, 2.75) is 20.8 Å². The molecule has 0 bridgehead atoms. The summed E-state index contributed by atoms with van der Waals surface area (Å²) in [6, 6.07) is -0.0608. The molecular weight excluding hydrogens is 220 g/mol. The Labute approximate surface area is 102 Å². The Balaban J connectivity index is 2.50. The van der Waals surface area contributed by atoms with Crippen LogP contribution in [0.1, 0.15) is 20.8 Å². The average molecular weight is 242 g/mol. The number of amides is 2. The Morgan fingerprint density at radius 2 is 1.82 bits per heavy atom. The Kier molecular flexibility index (Phi) is 4.37. The van der Waals surface area contributed by atoms with Crippen LogP contribution in [-0.2, 0) is 4.79 Å². The first kappa shape index (κ1) is 13.8. The lowest BCUT2D eigenvalue weighted by Gasteiger charge is -2.25. The molecule has 0 aromatic carbocycles. The van der Waals surface area contributed by atoms with Crippen LogP contribution in [0.2, 0.25) is 0 Å². The number of rotatable bonds is 3. The standard InChI is InChI=1S/C12H22N2O3/c1-8-6-14(7-9(8)2)12(17)13(4)5-10(3)11(15)16/h8-10H,5-7H2,1-4H3,(H,15,16). The number of carbonyl (C=O) groups excluding carboxylic acids is 1. The molecular formula is C12H22N2O3. The average Bonchev–Trinajstić information content (AvgIpc) is 2.57. The summed E-state index contributed by atoms with van der Waals surface area (Å²) in [5.41, 5.74) is 0. The molecule has 0 aromatic heterocycles. The van der Waals surface area contributed by atoms with E-state index in [9.17, 15) is 9.59 Å². The zero-order valence-electron chi connectivity index (χ0n) is 11.0. The normalized spacial score (nSPS) is 25.8. The third kappa shape index (κ3) is 3.35. The number of nitrogens with zero attached hydrogens (tertiary/aromatic N) is 2. The van der Waals surface area contributed by atoms with Crippen molar-refractivity contribution in [3.63, 3.8) is 0 Å². The minimum absolute atomic E-state index is 0.0608. The molecule has 0 spiro atoms. The molecule has 3 atom stereocenters. The molecule has 0 aliphatic carbocycles. The van der Waals surface area contributed by atoms with E-state index < -0.39 is 11.9 Å². The van der Waals surface area contributed by atoms with Gasteiger partial charge in [-0.15, -0.1) is 0 Å². The van der Waals surface area contributed by atoms with E-state index >= 15 is 0 Å². The van der Waals surface area contributed by atoms with E-state index in [4.69, 9.17) is 5.11 Å². The van der Waals surface area contributed by atoms with E-state index in [1.165, 1.54) is 4.90 Å². The van der Waals surface area contributed by atoms with E-state index in [2.05, 4.69) is 13.8 Å². The van der Waals surface area contributed by atoms with E-state index in [-0.39, 0.29) is 12.6 Å². The lowest BCUT2D eigenvalue weighted by molar-refractivity contribution is -0.141. The second-order valence-corrected chi connectivity index (χ2v) is 5.26. The molecule has 17 heavy (non-hydrogen) atoms. The number of hydrogen-bond acceptors (Lipinski definition) is 2. The van der Waals surface area contributed by atoms with E-state index in [0.29, 0.717) is 11.8 Å². The van der Waals surface area contributed by atoms with Gasteiger partial charge in [0, 0.05) is 26.7 Å². The van der Waals surface area contributed by atoms with Crippen molar-refractivity contribution in [2.24, 2.45) is 17.8 Å². The number of carboxylic acid groups (broad SMARTS) is 1. The summed E-state index contributed by atoms with van der Waals surface area (Å²) < 4.78 is 0. The summed E-state index contributed by atoms with van der Waals surface area (Å²) in [4.78, 5) is 26.1. The predicted octanol–water partition coefficient (Wildman–Crippen LogP) is 1.35. The lowest BCUT2D eigenvalue weighted by atomic mass is 10.0. The van der Waals surface area contributed by atoms with Gasteiger partial charge < -0.3 is 14.9 Å². The molecule has 5 nitrogen and oxygen atoms in total. The minimum Gasteiger partial charge on any atom is -0.481 e. The molecule has 1 saturated heterocycles. The first-order valence-electron chi connectivity index (χ1n) is 6.05. The number of carbonyl (C=O) groups is 2. The highest BCUT2D eigenvalue weighted by molar-refractivity contribution is 5.76. The van der Waals surface area contributed by atoms with Gasteiger partial charge >= 0.3 is 12.0 Å². The molecule has 0 radical (unpaired) electrons. The molecule has 98 valence electrons. The van der Waals surface area contributed by atoms with Crippen molar-refractivity contribution >= 4 is 12.0 Å². The molecule has 1 N–H and O–H groups in total. The minimum atomic E-state index is -0.868. The Morgan fingerprint density at radius 3 is 2.24 bits per heavy atom. The molecule has 2 amide bonds. The second-order valence-electron chi connectivity index (χ2n) is 5.26. The van der Waals surface area contributed by atoms with E-state index in [1.54, 1.807) is 14.0 Å². The number of urea groups is 1. The van der Waals surface area contributed by atoms with Crippen LogP contribution in [-0.4, -0.2) is 53.6 Å². The largest absolute Gasteiger partial charge is 0.481 e. The van der Waals surface area contributed by atoms with Crippen LogP contribution < -0.4 is 0 Å². The van der Waals surface area contributed by atoms with Crippen molar-refractivity contribution in [1.29, 1.82) is 0 Å². The van der Waals surface area contributed by atoms with Crippen LogP contribution in [0, 0.1) is 17.8 Å². The fraction of sp³-hybridized carbons (Fsp3) is 0.833. The van der Waals surface area contributed by atoms with Crippen molar-refractivity contribution in [2.75, 3.05) is 26.7 Å². The zero-order chi connectivity index (χ0) is 13.2. The summed E-state index contributed by atoms with van der Waals surface area (Å²) in [6.45, 7) is 7.68. The SMILES string of the molecule is CC(CN(C)C(=O)N1CC(C)C(C)C1)C(=O)O. The number of hydrogen-bond donors (Lipinski definition) is 1. The van der Waals surface area contributed by atoms with Crippen LogP contribution in [0.25, 0.3) is 0 Å². The molecule has 1 rings (SSSR count). The fourth-order valence-corrected chi connectivity index (χ4v) is 2.09. The highest BCUT2D eigenvalue weighted by Gasteiger charge is 2.31. The third-order valence-corrected chi connectivity index (χ3v) is 3.55. The first-order valence-corrected chi connectivity index (χ1v) is 6.05. The molecule has 0 aromatic rings. The highest BCUT2D eigenvalue weighted by Crippen LogP contribution is 2.22. The molecule has 1 heterocycles. The monoisotopic (exact) mass is 242 g/mol. The quantitative estimate of drug-likeness (QED) is 0.812. The van der Waals surface area contributed by atoms with Crippen molar-refractivity contribution in [1.82, 2.24) is 9.80 Å². The molecule has 3 unspecified atom stereocenters. The van der Waals surface area contributed by atoms with Gasteiger partial charge in [-0.05, 0) is 11.8 Å². The predicted molar refractivity (Wildman–Crippen MR) is 64.7 cm³/mol. The topological polar surface area (TPSA) is 60.9 Å². The summed E-state index contributed by atoms with van der Waals surface area (Å²) in [5.74, 6) is -0.359. The first-order chi connectivity index (χ1) is 7.82. The Hall–Kier alpha value is -1.26. The maximum absolute atomic E-state index is 12.1. The third-order valence-electron chi connectivity index (χ3n) is 3.55. The van der Waals surface area contributed by atoms with Crippen LogP contribution in [0.4, 0.5) is 4.79 Å². The van der Waals surface area contributed by atoms with Crippen molar-refractivity contribution < 1.29 is 14.7 Å². The van der Waals surface area contributed by atoms with E-state index in [0.717, 1.165) is 13.1 Å². The maximum atomic E-state index is 12.1. The molecule has 1 fully saturated rings. The zero-order valence-corrected chi connectivity index (χ0v) is 11.0. The van der Waals surface area contributed by atoms with Crippen LogP contribution in [0.5, 0.6) is 0 Å². The van der Waals surface area contributed by atoms with Gasteiger partial charge in [0.25, 0.3) is 0 Å². The maximum Gasteiger partial charge on any atom is 0.319 e. The van der Waals surface area contributed by atoms with E-state index in [1.807, 2.05) is 4.90 Å². The van der Waals surface area contributed by atoms with Crippen molar-refractivity contribution in [3.8, 4) is 0 Å². The highest BCUT2D eigenvalue weighted by atomic mass is 16.4. The lowest BCUT2D eigenvalue weighted by Crippen LogP contribution is -2.42. The van der Waals surface area contributed by atoms with Gasteiger partial charge in [0.15, 0.2) is 0 Å². The summed E-state index contributed by atoms with van der Waals surface area (Å²) in [5, 5.41) is 8.81. The molecule has 0 saturated carbocycles. The molecule has 1 aliphatic heterocycles. The van der Waals surface area contributed by atoms with Crippen LogP contribution in [0.15, 0.2) is 0 Å². The summed E-state index contributed by atoms with van der Waals surface area (Å²) in [7, 11) is 1.66. The second kappa shape index (κ2) is 5.38. The summed E-state index contributed by atoms with van der Waals surface area (Å²) >= 11 is 0. The molecule has 5 heteroatoms. The number of aliphatic carboxylic acids is 1. The van der Waals surface area contributed by atoms with Crippen LogP contribution in [0.3, 0.4) is 0 Å². The number of likely N-dealkylation sites (tertiary alicyclic amines) is 1. The number of carboxylic acids is 1. The Bertz CT molecular complexity index is 296. The molecule has 1 aliphatic rings. The van der Waals surface area contributed by atoms with Crippen LogP contribution >= 0.6 is 0 Å². The van der Waals surface area contributed by atoms with Gasteiger partial charge in [-0.3, -0.25) is 4.79 Å². The smallest absolute Gasteiger partial charge is 0.319 e. The summed E-state index contributed by atoms with van der Waals surface area (Å²) in [6.07, 6.45) is 0. The van der Waals surface area contributed by atoms with Gasteiger partial charge in [0.2, 0.25) is 0 Å². The Morgan fingerprint density at radius 1 is 1.35 bits per heavy atom. The van der Waals surface area contributed by atoms with Gasteiger partial charge in [0.05, 0.1) is 5.92 Å².